The number of fused-ring (bicyclic) bond motifs is 2. The maximum atomic E-state index is 8.73. The lowest BCUT2D eigenvalue weighted by Gasteiger charge is -2.24. The first kappa shape index (κ1) is 8.27. The van der Waals surface area contributed by atoms with Gasteiger partial charge in [-0.15, -0.1) is 0 Å². The van der Waals surface area contributed by atoms with E-state index < -0.39 is 0 Å². The molecule has 2 rings (SSSR count). The normalized spacial score (nSPS) is 43.9. The summed E-state index contributed by atoms with van der Waals surface area (Å²) in [5, 5.41) is 8.73. The molecule has 68 valence electrons. The van der Waals surface area contributed by atoms with Crippen LogP contribution in [-0.2, 0) is 4.89 Å². The van der Waals surface area contributed by atoms with Gasteiger partial charge >= 0.3 is 0 Å². The summed E-state index contributed by atoms with van der Waals surface area (Å²) in [4.78, 5) is 4.49. The van der Waals surface area contributed by atoms with Crippen molar-refractivity contribution in [2.75, 3.05) is 0 Å². The van der Waals surface area contributed by atoms with Crippen molar-refractivity contribution in [1.29, 1.82) is 0 Å². The highest BCUT2D eigenvalue weighted by Crippen LogP contribution is 2.60. The largest absolute Gasteiger partial charge is 0.251 e. The van der Waals surface area contributed by atoms with Crippen molar-refractivity contribution >= 4 is 0 Å². The second-order valence-corrected chi connectivity index (χ2v) is 4.66. The fourth-order valence-corrected chi connectivity index (χ4v) is 3.15. The standard InChI is InChI=1S/C10H16O2/c1-6-7-4-5-8(9(6)12-11)10(7,2)3/h7-9,11H,1,4-5H2,2-3H3/t7-,8+,9-/m0/s1. The predicted molar refractivity (Wildman–Crippen MR) is 46.6 cm³/mol. The van der Waals surface area contributed by atoms with Crippen molar-refractivity contribution < 1.29 is 10.1 Å². The first-order chi connectivity index (χ1) is 5.59. The summed E-state index contributed by atoms with van der Waals surface area (Å²) in [6, 6.07) is 0. The molecule has 12 heavy (non-hydrogen) atoms. The quantitative estimate of drug-likeness (QED) is 0.370. The highest BCUT2D eigenvalue weighted by molar-refractivity contribution is 5.25. The topological polar surface area (TPSA) is 29.5 Å². The molecule has 2 nitrogen and oxygen atoms in total. The summed E-state index contributed by atoms with van der Waals surface area (Å²) in [5.41, 5.74) is 1.38. The molecule has 2 bridgehead atoms. The van der Waals surface area contributed by atoms with Gasteiger partial charge in [-0.25, -0.2) is 4.89 Å². The van der Waals surface area contributed by atoms with Crippen LogP contribution in [0.4, 0.5) is 0 Å². The molecule has 2 heteroatoms. The molecule has 2 aliphatic carbocycles. The molecule has 3 atom stereocenters. The molecule has 2 saturated carbocycles. The van der Waals surface area contributed by atoms with E-state index in [0.717, 1.165) is 5.57 Å². The Labute approximate surface area is 73.2 Å². The van der Waals surface area contributed by atoms with E-state index in [4.69, 9.17) is 5.26 Å². The zero-order valence-electron chi connectivity index (χ0n) is 7.71. The Kier molecular flexibility index (Phi) is 1.61. The Bertz CT molecular complexity index is 220. The van der Waals surface area contributed by atoms with Gasteiger partial charge in [-0.2, -0.15) is 0 Å². The molecule has 0 aromatic rings. The maximum absolute atomic E-state index is 8.73. The van der Waals surface area contributed by atoms with Crippen LogP contribution in [0.5, 0.6) is 0 Å². The summed E-state index contributed by atoms with van der Waals surface area (Å²) in [5.74, 6) is 1.03. The average molecular weight is 168 g/mol. The Hall–Kier alpha value is -0.340. The van der Waals surface area contributed by atoms with Crippen LogP contribution in [0.3, 0.4) is 0 Å². The number of hydrogen-bond donors (Lipinski definition) is 1. The Balaban J connectivity index is 2.33. The van der Waals surface area contributed by atoms with Gasteiger partial charge in [0.25, 0.3) is 0 Å². The highest BCUT2D eigenvalue weighted by Gasteiger charge is 2.56. The van der Waals surface area contributed by atoms with Crippen LogP contribution in [0.25, 0.3) is 0 Å². The van der Waals surface area contributed by atoms with Crippen molar-refractivity contribution in [1.82, 2.24) is 0 Å². The van der Waals surface area contributed by atoms with E-state index in [0.29, 0.717) is 11.8 Å². The van der Waals surface area contributed by atoms with Gasteiger partial charge in [0.1, 0.15) is 6.10 Å². The van der Waals surface area contributed by atoms with Gasteiger partial charge in [-0.1, -0.05) is 20.4 Å². The van der Waals surface area contributed by atoms with Crippen LogP contribution in [-0.4, -0.2) is 11.4 Å². The fourth-order valence-electron chi connectivity index (χ4n) is 3.15. The summed E-state index contributed by atoms with van der Waals surface area (Å²) >= 11 is 0. The van der Waals surface area contributed by atoms with Crippen molar-refractivity contribution in [3.8, 4) is 0 Å². The van der Waals surface area contributed by atoms with Crippen LogP contribution in [0.1, 0.15) is 26.7 Å². The van der Waals surface area contributed by atoms with Gasteiger partial charge in [0.05, 0.1) is 0 Å². The molecule has 1 N–H and O–H groups in total. The summed E-state index contributed by atoms with van der Waals surface area (Å²) in [6.45, 7) is 8.50. The third kappa shape index (κ3) is 0.771. The minimum absolute atomic E-state index is 0.0984. The van der Waals surface area contributed by atoms with Gasteiger partial charge in [0.2, 0.25) is 0 Å². The molecule has 0 aromatic heterocycles. The number of rotatable bonds is 1. The fraction of sp³-hybridized carbons (Fsp3) is 0.800. The van der Waals surface area contributed by atoms with E-state index in [2.05, 4.69) is 25.3 Å². The summed E-state index contributed by atoms with van der Waals surface area (Å²) in [6.07, 6.45) is 2.29. The third-order valence-corrected chi connectivity index (χ3v) is 3.91. The SMILES string of the molecule is C=C1[C@H](OO)[C@H]2CC[C@@H]1C2(C)C. The third-order valence-electron chi connectivity index (χ3n) is 3.91. The second kappa shape index (κ2) is 2.33. The van der Waals surface area contributed by atoms with E-state index in [1.165, 1.54) is 12.8 Å². The van der Waals surface area contributed by atoms with Gasteiger partial charge in [0.15, 0.2) is 0 Å². The van der Waals surface area contributed by atoms with E-state index in [9.17, 15) is 0 Å². The zero-order chi connectivity index (χ0) is 8.93. The summed E-state index contributed by atoms with van der Waals surface area (Å²) in [7, 11) is 0. The predicted octanol–water partition coefficient (Wildman–Crippen LogP) is 2.47. The molecular weight excluding hydrogens is 152 g/mol. The van der Waals surface area contributed by atoms with E-state index >= 15 is 0 Å². The van der Waals surface area contributed by atoms with E-state index in [1.807, 2.05) is 0 Å². The Morgan fingerprint density at radius 1 is 1.50 bits per heavy atom. The molecule has 0 unspecified atom stereocenters. The average Bonchev–Trinajstić information content (AvgIpc) is 2.38. The van der Waals surface area contributed by atoms with Crippen molar-refractivity contribution in [3.05, 3.63) is 12.2 Å². The monoisotopic (exact) mass is 168 g/mol. The lowest BCUT2D eigenvalue weighted by Crippen LogP contribution is -2.24. The van der Waals surface area contributed by atoms with Crippen LogP contribution in [0.2, 0.25) is 0 Å². The molecule has 0 radical (unpaired) electrons. The lowest BCUT2D eigenvalue weighted by atomic mass is 9.81. The molecular formula is C10H16O2. The maximum Gasteiger partial charge on any atom is 0.117 e. The van der Waals surface area contributed by atoms with Gasteiger partial charge in [-0.3, -0.25) is 5.26 Å². The van der Waals surface area contributed by atoms with Gasteiger partial charge in [0, 0.05) is 0 Å². The Morgan fingerprint density at radius 2 is 2.17 bits per heavy atom. The molecule has 2 fully saturated rings. The highest BCUT2D eigenvalue weighted by atomic mass is 17.1. The van der Waals surface area contributed by atoms with Crippen molar-refractivity contribution in [2.45, 2.75) is 32.8 Å². The lowest BCUT2D eigenvalue weighted by molar-refractivity contribution is -0.280. The zero-order valence-corrected chi connectivity index (χ0v) is 7.71. The first-order valence-electron chi connectivity index (χ1n) is 4.58. The van der Waals surface area contributed by atoms with Crippen molar-refractivity contribution in [3.63, 3.8) is 0 Å². The van der Waals surface area contributed by atoms with Crippen molar-refractivity contribution in [2.24, 2.45) is 17.3 Å². The van der Waals surface area contributed by atoms with Gasteiger partial charge < -0.3 is 0 Å². The minimum Gasteiger partial charge on any atom is -0.251 e. The first-order valence-corrected chi connectivity index (χ1v) is 4.58. The van der Waals surface area contributed by atoms with E-state index in [-0.39, 0.29) is 11.5 Å². The molecule has 0 heterocycles. The molecule has 2 aliphatic rings. The minimum atomic E-state index is -0.0984. The molecule has 0 amide bonds. The number of hydrogen-bond acceptors (Lipinski definition) is 2. The van der Waals surface area contributed by atoms with Crippen LogP contribution in [0, 0.1) is 17.3 Å². The van der Waals surface area contributed by atoms with Crippen LogP contribution < -0.4 is 0 Å². The molecule has 0 aliphatic heterocycles. The molecule has 0 saturated heterocycles. The van der Waals surface area contributed by atoms with Crippen LogP contribution in [0.15, 0.2) is 12.2 Å². The van der Waals surface area contributed by atoms with Gasteiger partial charge in [-0.05, 0) is 35.7 Å². The molecule has 0 aromatic carbocycles. The second-order valence-electron chi connectivity index (χ2n) is 4.66. The molecule has 0 spiro atoms. The van der Waals surface area contributed by atoms with Crippen LogP contribution >= 0.6 is 0 Å². The Morgan fingerprint density at radius 3 is 2.50 bits per heavy atom. The summed E-state index contributed by atoms with van der Waals surface area (Å²) < 4.78 is 0. The van der Waals surface area contributed by atoms with E-state index in [1.54, 1.807) is 0 Å². The smallest absolute Gasteiger partial charge is 0.117 e.